The number of hydroxylamine groups is 1. The van der Waals surface area contributed by atoms with E-state index in [1.807, 2.05) is 24.3 Å². The van der Waals surface area contributed by atoms with Gasteiger partial charge in [-0.05, 0) is 30.7 Å². The Morgan fingerprint density at radius 1 is 1.12 bits per heavy atom. The van der Waals surface area contributed by atoms with Crippen molar-refractivity contribution in [3.63, 3.8) is 0 Å². The van der Waals surface area contributed by atoms with Gasteiger partial charge in [0.25, 0.3) is 0 Å². The molecule has 4 N–H and O–H groups in total. The van der Waals surface area contributed by atoms with Gasteiger partial charge in [0.05, 0.1) is 17.8 Å². The lowest BCUT2D eigenvalue weighted by Gasteiger charge is -2.15. The number of amides is 2. The molecule has 2 aromatic carbocycles. The lowest BCUT2D eigenvalue weighted by atomic mass is 10.1. The van der Waals surface area contributed by atoms with Crippen molar-refractivity contribution in [2.45, 2.75) is 19.3 Å². The molecule has 2 amide bonds. The Balaban J connectivity index is 1.89. The first-order valence-electron chi connectivity index (χ1n) is 10.5. The number of methoxy groups -OCH3 is 1. The molecule has 0 radical (unpaired) electrons. The molecular weight excluding hydrogens is 438 g/mol. The fourth-order valence-corrected chi connectivity index (χ4v) is 3.14. The Kier molecular flexibility index (Phi) is 8.73. The Morgan fingerprint density at radius 2 is 1.94 bits per heavy atom. The van der Waals surface area contributed by atoms with E-state index in [4.69, 9.17) is 21.1 Å². The largest absolute Gasteiger partial charge is 0.489 e. The number of carbonyl (C=O) groups excluding carboxylic acids is 2. The number of anilines is 3. The number of ether oxygens (including phenoxy) is 2. The van der Waals surface area contributed by atoms with E-state index in [0.717, 1.165) is 11.3 Å². The van der Waals surface area contributed by atoms with E-state index >= 15 is 0 Å². The minimum Gasteiger partial charge on any atom is -0.489 e. The molecule has 176 valence electrons. The predicted molar refractivity (Wildman–Crippen MR) is 127 cm³/mol. The first-order valence-corrected chi connectivity index (χ1v) is 10.5. The van der Waals surface area contributed by atoms with Crippen LogP contribution in [0, 0.1) is 12.3 Å². The maximum atomic E-state index is 12.5. The van der Waals surface area contributed by atoms with E-state index in [1.54, 1.807) is 24.7 Å². The van der Waals surface area contributed by atoms with Crippen molar-refractivity contribution < 1.29 is 24.3 Å². The van der Waals surface area contributed by atoms with Crippen LogP contribution in [0.5, 0.6) is 5.75 Å². The van der Waals surface area contributed by atoms with E-state index in [1.165, 1.54) is 6.33 Å². The van der Waals surface area contributed by atoms with E-state index in [-0.39, 0.29) is 31.8 Å². The Morgan fingerprint density at radius 3 is 2.71 bits per heavy atom. The highest BCUT2D eigenvalue weighted by atomic mass is 16.5. The van der Waals surface area contributed by atoms with Crippen molar-refractivity contribution in [3.8, 4) is 18.1 Å². The molecule has 0 unspecified atom stereocenters. The summed E-state index contributed by atoms with van der Waals surface area (Å²) in [5, 5.41) is 15.3. The average molecular weight is 463 g/mol. The number of benzene rings is 2. The summed E-state index contributed by atoms with van der Waals surface area (Å²) < 4.78 is 10.8. The lowest BCUT2D eigenvalue weighted by molar-refractivity contribution is -0.129. The molecule has 0 spiro atoms. The van der Waals surface area contributed by atoms with Crippen LogP contribution in [-0.2, 0) is 14.3 Å². The van der Waals surface area contributed by atoms with Crippen LogP contribution in [0.3, 0.4) is 0 Å². The Labute approximate surface area is 196 Å². The van der Waals surface area contributed by atoms with E-state index < -0.39 is 5.91 Å². The number of rotatable bonds is 11. The van der Waals surface area contributed by atoms with Gasteiger partial charge in [-0.15, -0.1) is 6.42 Å². The topological polar surface area (TPSA) is 135 Å². The highest BCUT2D eigenvalue weighted by Crippen LogP contribution is 2.33. The predicted octanol–water partition coefficient (Wildman–Crippen LogP) is 2.99. The molecule has 0 aliphatic rings. The molecule has 0 atom stereocenters. The molecule has 0 saturated heterocycles. The van der Waals surface area contributed by atoms with Crippen molar-refractivity contribution in [3.05, 3.63) is 48.3 Å². The summed E-state index contributed by atoms with van der Waals surface area (Å²) in [6, 6.07) is 10.8. The standard InChI is InChI=1S/C24H25N5O5/c1-3-16-6-4-7-17(12-16)27-24-18-13-20(28-22(30)8-5-9-23(31)29-32)21(34-11-10-33-2)14-19(18)25-15-26-24/h1,4,6-7,12-15,32H,5,8-11H2,2H3,(H,28,30)(H,29,31)(H,25,26,27). The van der Waals surface area contributed by atoms with Crippen LogP contribution < -0.4 is 20.9 Å². The number of nitrogens with zero attached hydrogens (tertiary/aromatic N) is 2. The number of nitrogens with one attached hydrogen (secondary N) is 3. The third-order valence-corrected chi connectivity index (χ3v) is 4.78. The summed E-state index contributed by atoms with van der Waals surface area (Å²) in [6.07, 6.45) is 7.30. The van der Waals surface area contributed by atoms with E-state index in [2.05, 4.69) is 26.5 Å². The molecule has 1 aromatic heterocycles. The normalized spacial score (nSPS) is 10.4. The van der Waals surface area contributed by atoms with Gasteiger partial charge in [-0.25, -0.2) is 15.4 Å². The van der Waals surface area contributed by atoms with Gasteiger partial charge >= 0.3 is 0 Å². The number of aromatic nitrogens is 2. The van der Waals surface area contributed by atoms with Crippen LogP contribution in [0.2, 0.25) is 0 Å². The molecule has 0 fully saturated rings. The van der Waals surface area contributed by atoms with Crippen molar-refractivity contribution in [1.82, 2.24) is 15.4 Å². The molecule has 1 heterocycles. The van der Waals surface area contributed by atoms with Crippen molar-refractivity contribution in [1.29, 1.82) is 0 Å². The number of terminal acetylenes is 1. The Hall–Kier alpha value is -4.20. The molecule has 0 bridgehead atoms. The molecule has 10 nitrogen and oxygen atoms in total. The highest BCUT2D eigenvalue weighted by Gasteiger charge is 2.14. The lowest BCUT2D eigenvalue weighted by Crippen LogP contribution is -2.19. The van der Waals surface area contributed by atoms with Crippen LogP contribution in [0.15, 0.2) is 42.7 Å². The quantitative estimate of drug-likeness (QED) is 0.148. The van der Waals surface area contributed by atoms with Gasteiger partial charge < -0.3 is 20.1 Å². The van der Waals surface area contributed by atoms with Gasteiger partial charge in [0.1, 0.15) is 24.5 Å². The van der Waals surface area contributed by atoms with Crippen molar-refractivity contribution in [2.24, 2.45) is 0 Å². The van der Waals surface area contributed by atoms with Gasteiger partial charge in [-0.2, -0.15) is 0 Å². The first-order chi connectivity index (χ1) is 16.5. The number of fused-ring (bicyclic) bond motifs is 1. The second kappa shape index (κ2) is 12.2. The van der Waals surface area contributed by atoms with Crippen LogP contribution >= 0.6 is 0 Å². The van der Waals surface area contributed by atoms with Gasteiger partial charge in [-0.1, -0.05) is 12.0 Å². The summed E-state index contributed by atoms with van der Waals surface area (Å²) >= 11 is 0. The summed E-state index contributed by atoms with van der Waals surface area (Å²) in [6.45, 7) is 0.639. The zero-order valence-electron chi connectivity index (χ0n) is 18.6. The molecular formula is C24H25N5O5. The summed E-state index contributed by atoms with van der Waals surface area (Å²) in [5.74, 6) is 2.68. The zero-order valence-corrected chi connectivity index (χ0v) is 18.6. The van der Waals surface area contributed by atoms with Gasteiger partial charge in [0, 0.05) is 42.7 Å². The van der Waals surface area contributed by atoms with Gasteiger partial charge in [0.2, 0.25) is 11.8 Å². The molecule has 3 rings (SSSR count). The summed E-state index contributed by atoms with van der Waals surface area (Å²) in [7, 11) is 1.56. The molecule has 0 aliphatic carbocycles. The minimum absolute atomic E-state index is 0.0253. The maximum absolute atomic E-state index is 12.5. The fraction of sp³-hybridized carbons (Fsp3) is 0.250. The summed E-state index contributed by atoms with van der Waals surface area (Å²) in [5.41, 5.74) is 4.05. The van der Waals surface area contributed by atoms with Crippen LogP contribution in [0.4, 0.5) is 17.2 Å². The second-order valence-electron chi connectivity index (χ2n) is 7.22. The zero-order chi connectivity index (χ0) is 24.3. The minimum atomic E-state index is -0.552. The van der Waals surface area contributed by atoms with E-state index in [9.17, 15) is 9.59 Å². The van der Waals surface area contributed by atoms with Crippen LogP contribution in [0.25, 0.3) is 10.9 Å². The smallest absolute Gasteiger partial charge is 0.243 e. The summed E-state index contributed by atoms with van der Waals surface area (Å²) in [4.78, 5) is 32.3. The average Bonchev–Trinajstić information content (AvgIpc) is 2.84. The SMILES string of the molecule is C#Cc1cccc(Nc2ncnc3cc(OCCOC)c(NC(=O)CCCC(=O)NO)cc23)c1. The third-order valence-electron chi connectivity index (χ3n) is 4.78. The molecule has 3 aromatic rings. The van der Waals surface area contributed by atoms with Gasteiger partial charge in [0.15, 0.2) is 0 Å². The van der Waals surface area contributed by atoms with Gasteiger partial charge in [-0.3, -0.25) is 14.8 Å². The third kappa shape index (κ3) is 6.65. The maximum Gasteiger partial charge on any atom is 0.243 e. The van der Waals surface area contributed by atoms with Crippen LogP contribution in [0.1, 0.15) is 24.8 Å². The monoisotopic (exact) mass is 463 g/mol. The number of carbonyl (C=O) groups is 2. The first kappa shape index (κ1) is 24.4. The highest BCUT2D eigenvalue weighted by molar-refractivity contribution is 5.99. The van der Waals surface area contributed by atoms with Crippen molar-refractivity contribution in [2.75, 3.05) is 31.0 Å². The number of hydrogen-bond acceptors (Lipinski definition) is 8. The molecule has 34 heavy (non-hydrogen) atoms. The van der Waals surface area contributed by atoms with Crippen molar-refractivity contribution >= 4 is 39.9 Å². The Bertz CT molecular complexity index is 1210. The van der Waals surface area contributed by atoms with Crippen LogP contribution in [-0.4, -0.2) is 47.3 Å². The molecule has 10 heteroatoms. The van der Waals surface area contributed by atoms with E-state index in [0.29, 0.717) is 34.8 Å². The number of hydrogen-bond donors (Lipinski definition) is 4. The second-order valence-corrected chi connectivity index (χ2v) is 7.22. The molecule has 0 saturated carbocycles. The fourth-order valence-electron chi connectivity index (χ4n) is 3.14. The molecule has 0 aliphatic heterocycles.